The molecule has 0 N–H and O–H groups in total. The lowest BCUT2D eigenvalue weighted by molar-refractivity contribution is -0.137. The molecule has 0 spiro atoms. The van der Waals surface area contributed by atoms with E-state index < -0.39 is 11.7 Å². The van der Waals surface area contributed by atoms with Crippen LogP contribution in [0.15, 0.2) is 30.3 Å². The number of rotatable bonds is 1. The van der Waals surface area contributed by atoms with E-state index in [0.29, 0.717) is 5.69 Å². The minimum absolute atomic E-state index is 0.362. The largest absolute Gasteiger partial charge is 0.417 e. The van der Waals surface area contributed by atoms with Crippen molar-refractivity contribution in [3.05, 3.63) is 52.8 Å². The molecule has 2 aromatic rings. The van der Waals surface area contributed by atoms with Gasteiger partial charge in [0, 0.05) is 17.1 Å². The van der Waals surface area contributed by atoms with Gasteiger partial charge in [0.1, 0.15) is 0 Å². The summed E-state index contributed by atoms with van der Waals surface area (Å²) in [5.41, 5.74) is 0.829. The van der Waals surface area contributed by atoms with Crippen LogP contribution in [0.4, 0.5) is 13.2 Å². The summed E-state index contributed by atoms with van der Waals surface area (Å²) >= 11 is 0. The molecule has 0 radical (unpaired) electrons. The Morgan fingerprint density at radius 1 is 1.05 bits per heavy atom. The smallest absolute Gasteiger partial charge is 0.319 e. The number of aromatic nitrogens is 1. The standard InChI is InChI=1S/C14H11F3N2/c1-9-3-4-10(2)19(9)12-6-5-11(8-18)13(7-12)14(15,16)17/h3-7H,1-2H3. The summed E-state index contributed by atoms with van der Waals surface area (Å²) < 4.78 is 40.4. The molecule has 0 bridgehead atoms. The SMILES string of the molecule is Cc1ccc(C)n1-c1ccc(C#N)c(C(F)(F)F)c1. The lowest BCUT2D eigenvalue weighted by Gasteiger charge is -2.14. The van der Waals surface area contributed by atoms with Gasteiger partial charge < -0.3 is 4.57 Å². The molecule has 5 heteroatoms. The molecule has 0 unspecified atom stereocenters. The van der Waals surface area contributed by atoms with Crippen molar-refractivity contribution >= 4 is 0 Å². The Kier molecular flexibility index (Phi) is 3.11. The predicted molar refractivity (Wildman–Crippen MR) is 65.0 cm³/mol. The van der Waals surface area contributed by atoms with Crippen molar-refractivity contribution in [1.82, 2.24) is 4.57 Å². The molecule has 0 aliphatic heterocycles. The van der Waals surface area contributed by atoms with E-state index in [-0.39, 0.29) is 5.56 Å². The number of hydrogen-bond acceptors (Lipinski definition) is 1. The third kappa shape index (κ3) is 2.34. The third-order valence-electron chi connectivity index (χ3n) is 2.96. The Hall–Kier alpha value is -2.22. The fraction of sp³-hybridized carbons (Fsp3) is 0.214. The van der Waals surface area contributed by atoms with E-state index in [1.165, 1.54) is 12.1 Å². The summed E-state index contributed by atoms with van der Waals surface area (Å²) in [5, 5.41) is 8.76. The molecule has 0 saturated carbocycles. The second kappa shape index (κ2) is 4.47. The number of nitrogens with zero attached hydrogens (tertiary/aromatic N) is 2. The molecule has 0 aliphatic rings. The van der Waals surface area contributed by atoms with Crippen LogP contribution >= 0.6 is 0 Å². The molecule has 0 aliphatic carbocycles. The molecule has 1 heterocycles. The molecule has 98 valence electrons. The molecule has 1 aromatic carbocycles. The number of halogens is 3. The Labute approximate surface area is 108 Å². The van der Waals surface area contributed by atoms with Gasteiger partial charge >= 0.3 is 6.18 Å². The summed E-state index contributed by atoms with van der Waals surface area (Å²) in [4.78, 5) is 0. The van der Waals surface area contributed by atoms with Crippen molar-refractivity contribution in [2.45, 2.75) is 20.0 Å². The minimum Gasteiger partial charge on any atom is -0.319 e. The van der Waals surface area contributed by atoms with Gasteiger partial charge in [-0.15, -0.1) is 0 Å². The van der Waals surface area contributed by atoms with E-state index in [0.717, 1.165) is 17.5 Å². The van der Waals surface area contributed by atoms with E-state index in [1.54, 1.807) is 10.6 Å². The number of alkyl halides is 3. The Balaban J connectivity index is 2.66. The highest BCUT2D eigenvalue weighted by molar-refractivity contribution is 5.49. The number of nitriles is 1. The molecule has 0 amide bonds. The van der Waals surface area contributed by atoms with Gasteiger partial charge in [-0.05, 0) is 44.2 Å². The molecule has 1 aromatic heterocycles. The molecular weight excluding hydrogens is 253 g/mol. The highest BCUT2D eigenvalue weighted by Gasteiger charge is 2.34. The Morgan fingerprint density at radius 2 is 1.63 bits per heavy atom. The van der Waals surface area contributed by atoms with Crippen molar-refractivity contribution in [3.63, 3.8) is 0 Å². The molecular formula is C14H11F3N2. The summed E-state index contributed by atoms with van der Waals surface area (Å²) in [7, 11) is 0. The van der Waals surface area contributed by atoms with E-state index >= 15 is 0 Å². The van der Waals surface area contributed by atoms with Crippen LogP contribution in [0.2, 0.25) is 0 Å². The van der Waals surface area contributed by atoms with Crippen LogP contribution in [0.3, 0.4) is 0 Å². The number of hydrogen-bond donors (Lipinski definition) is 0. The summed E-state index contributed by atoms with van der Waals surface area (Å²) in [6.07, 6.45) is -4.53. The van der Waals surface area contributed by atoms with Gasteiger partial charge in [-0.1, -0.05) is 0 Å². The lowest BCUT2D eigenvalue weighted by atomic mass is 10.1. The van der Waals surface area contributed by atoms with E-state index in [4.69, 9.17) is 5.26 Å². The van der Waals surface area contributed by atoms with E-state index in [1.807, 2.05) is 26.0 Å². The first-order chi connectivity index (χ1) is 8.84. The van der Waals surface area contributed by atoms with Crippen molar-refractivity contribution in [1.29, 1.82) is 5.26 Å². The average molecular weight is 264 g/mol. The van der Waals surface area contributed by atoms with Crippen LogP contribution < -0.4 is 0 Å². The van der Waals surface area contributed by atoms with Gasteiger partial charge in [0.25, 0.3) is 0 Å². The molecule has 0 fully saturated rings. The van der Waals surface area contributed by atoms with E-state index in [2.05, 4.69) is 0 Å². The zero-order chi connectivity index (χ0) is 14.2. The summed E-state index contributed by atoms with van der Waals surface area (Å²) in [6, 6.07) is 8.98. The molecule has 0 atom stereocenters. The molecule has 0 saturated heterocycles. The third-order valence-corrected chi connectivity index (χ3v) is 2.96. The van der Waals surface area contributed by atoms with Gasteiger partial charge in [0.05, 0.1) is 17.2 Å². The first-order valence-corrected chi connectivity index (χ1v) is 5.61. The van der Waals surface area contributed by atoms with Crippen molar-refractivity contribution in [3.8, 4) is 11.8 Å². The maximum Gasteiger partial charge on any atom is 0.417 e. The average Bonchev–Trinajstić information content (AvgIpc) is 2.67. The zero-order valence-electron chi connectivity index (χ0n) is 10.4. The predicted octanol–water partition coefficient (Wildman–Crippen LogP) is 3.98. The Morgan fingerprint density at radius 3 is 2.11 bits per heavy atom. The van der Waals surface area contributed by atoms with Crippen molar-refractivity contribution in [2.24, 2.45) is 0 Å². The van der Waals surface area contributed by atoms with Gasteiger partial charge in [0.2, 0.25) is 0 Å². The molecule has 19 heavy (non-hydrogen) atoms. The van der Waals surface area contributed by atoms with Crippen LogP contribution in [-0.2, 0) is 6.18 Å². The topological polar surface area (TPSA) is 28.7 Å². The lowest BCUT2D eigenvalue weighted by Crippen LogP contribution is -2.10. The fourth-order valence-corrected chi connectivity index (χ4v) is 2.08. The maximum atomic E-state index is 12.9. The van der Waals surface area contributed by atoms with Crippen molar-refractivity contribution in [2.75, 3.05) is 0 Å². The van der Waals surface area contributed by atoms with E-state index in [9.17, 15) is 13.2 Å². The quantitative estimate of drug-likeness (QED) is 0.765. The maximum absolute atomic E-state index is 12.9. The number of benzene rings is 1. The highest BCUT2D eigenvalue weighted by atomic mass is 19.4. The summed E-state index contributed by atoms with van der Waals surface area (Å²) in [6.45, 7) is 3.64. The van der Waals surface area contributed by atoms with Gasteiger partial charge in [-0.3, -0.25) is 0 Å². The monoisotopic (exact) mass is 264 g/mol. The Bertz CT molecular complexity index is 641. The van der Waals surface area contributed by atoms with Crippen LogP contribution in [0.1, 0.15) is 22.5 Å². The first-order valence-electron chi connectivity index (χ1n) is 5.61. The molecule has 2 nitrogen and oxygen atoms in total. The van der Waals surface area contributed by atoms with Crippen LogP contribution in [-0.4, -0.2) is 4.57 Å². The summed E-state index contributed by atoms with van der Waals surface area (Å²) in [5.74, 6) is 0. The first kappa shape index (κ1) is 13.2. The second-order valence-corrected chi connectivity index (χ2v) is 4.29. The van der Waals surface area contributed by atoms with Gasteiger partial charge in [-0.2, -0.15) is 18.4 Å². The van der Waals surface area contributed by atoms with Crippen molar-refractivity contribution < 1.29 is 13.2 Å². The normalized spacial score (nSPS) is 11.4. The van der Waals surface area contributed by atoms with Gasteiger partial charge in [-0.25, -0.2) is 0 Å². The molecule has 2 rings (SSSR count). The van der Waals surface area contributed by atoms with Crippen LogP contribution in [0.25, 0.3) is 5.69 Å². The zero-order valence-corrected chi connectivity index (χ0v) is 10.4. The van der Waals surface area contributed by atoms with Gasteiger partial charge in [0.15, 0.2) is 0 Å². The second-order valence-electron chi connectivity index (χ2n) is 4.29. The van der Waals surface area contributed by atoms with Crippen LogP contribution in [0.5, 0.6) is 0 Å². The fourth-order valence-electron chi connectivity index (χ4n) is 2.08. The minimum atomic E-state index is -4.53. The number of aryl methyl sites for hydroxylation is 2. The highest BCUT2D eigenvalue weighted by Crippen LogP contribution is 2.33. The van der Waals surface area contributed by atoms with Crippen LogP contribution in [0, 0.1) is 25.2 Å².